The molecule has 1 aliphatic heterocycles. The number of nitrogens with zero attached hydrogens (tertiary/aromatic N) is 1. The summed E-state index contributed by atoms with van der Waals surface area (Å²) >= 11 is 3.36. The summed E-state index contributed by atoms with van der Waals surface area (Å²) in [6, 6.07) is 7.38. The van der Waals surface area contributed by atoms with E-state index in [0.29, 0.717) is 19.6 Å². The van der Waals surface area contributed by atoms with Crippen LogP contribution < -0.4 is 9.62 Å². The molecule has 1 saturated heterocycles. The highest BCUT2D eigenvalue weighted by Crippen LogP contribution is 2.24. The van der Waals surface area contributed by atoms with Crippen molar-refractivity contribution in [1.82, 2.24) is 5.32 Å². The molecule has 17 heavy (non-hydrogen) atoms. The van der Waals surface area contributed by atoms with E-state index in [1.807, 2.05) is 24.3 Å². The van der Waals surface area contributed by atoms with Gasteiger partial charge in [0.1, 0.15) is 0 Å². The Morgan fingerprint density at radius 1 is 1.47 bits per heavy atom. The Hall–Kier alpha value is -0.590. The molecule has 1 aliphatic rings. The molecule has 1 N–H and O–H groups in total. The first kappa shape index (κ1) is 12.9. The standard InChI is InChI=1S/C11H15BrN2O2S/c1-9-8-13-5-6-14(17(9,15)16)11-4-2-3-10(12)7-11/h2-4,7,9,13H,5-6,8H2,1H3. The van der Waals surface area contributed by atoms with Crippen molar-refractivity contribution in [2.24, 2.45) is 0 Å². The first-order valence-corrected chi connectivity index (χ1v) is 7.79. The highest BCUT2D eigenvalue weighted by Gasteiger charge is 2.30. The third-order valence-corrected chi connectivity index (χ3v) is 5.52. The maximum absolute atomic E-state index is 12.3. The van der Waals surface area contributed by atoms with Crippen LogP contribution in [0.3, 0.4) is 0 Å². The molecule has 0 radical (unpaired) electrons. The van der Waals surface area contributed by atoms with Gasteiger partial charge < -0.3 is 5.32 Å². The van der Waals surface area contributed by atoms with Gasteiger partial charge in [-0.15, -0.1) is 0 Å². The lowest BCUT2D eigenvalue weighted by molar-refractivity contribution is 0.581. The van der Waals surface area contributed by atoms with Crippen molar-refractivity contribution in [3.63, 3.8) is 0 Å². The van der Waals surface area contributed by atoms with Gasteiger partial charge >= 0.3 is 0 Å². The molecule has 1 heterocycles. The molecular formula is C11H15BrN2O2S. The minimum atomic E-state index is -3.26. The fraction of sp³-hybridized carbons (Fsp3) is 0.455. The topological polar surface area (TPSA) is 49.4 Å². The number of benzene rings is 1. The number of sulfonamides is 1. The van der Waals surface area contributed by atoms with E-state index in [4.69, 9.17) is 0 Å². The summed E-state index contributed by atoms with van der Waals surface area (Å²) in [5.74, 6) is 0. The monoisotopic (exact) mass is 318 g/mol. The summed E-state index contributed by atoms with van der Waals surface area (Å²) in [6.07, 6.45) is 0. The second-order valence-corrected chi connectivity index (χ2v) is 7.30. The molecule has 0 saturated carbocycles. The Morgan fingerprint density at radius 3 is 2.94 bits per heavy atom. The quantitative estimate of drug-likeness (QED) is 0.855. The smallest absolute Gasteiger partial charge is 0.239 e. The van der Waals surface area contributed by atoms with Crippen LogP contribution in [-0.4, -0.2) is 33.3 Å². The number of halogens is 1. The van der Waals surface area contributed by atoms with E-state index in [9.17, 15) is 8.42 Å². The zero-order valence-electron chi connectivity index (χ0n) is 9.56. The first-order chi connectivity index (χ1) is 8.01. The molecule has 0 aromatic heterocycles. The van der Waals surface area contributed by atoms with Gasteiger partial charge in [0, 0.05) is 24.1 Å². The summed E-state index contributed by atoms with van der Waals surface area (Å²) in [5.41, 5.74) is 0.718. The lowest BCUT2D eigenvalue weighted by atomic mass is 10.3. The van der Waals surface area contributed by atoms with Crippen molar-refractivity contribution in [2.75, 3.05) is 23.9 Å². The molecule has 94 valence electrons. The average molecular weight is 319 g/mol. The largest absolute Gasteiger partial charge is 0.314 e. The van der Waals surface area contributed by atoms with E-state index >= 15 is 0 Å². The molecule has 0 spiro atoms. The minimum Gasteiger partial charge on any atom is -0.314 e. The van der Waals surface area contributed by atoms with Crippen LogP contribution in [-0.2, 0) is 10.0 Å². The summed E-state index contributed by atoms with van der Waals surface area (Å²) in [6.45, 7) is 3.39. The lowest BCUT2D eigenvalue weighted by Gasteiger charge is -2.24. The molecule has 1 aromatic carbocycles. The zero-order chi connectivity index (χ0) is 12.5. The number of rotatable bonds is 1. The van der Waals surface area contributed by atoms with Crippen LogP contribution in [0.5, 0.6) is 0 Å². The van der Waals surface area contributed by atoms with Crippen LogP contribution in [0.1, 0.15) is 6.92 Å². The number of hydrogen-bond acceptors (Lipinski definition) is 3. The van der Waals surface area contributed by atoms with E-state index < -0.39 is 15.3 Å². The molecule has 2 rings (SSSR count). The molecule has 0 amide bonds. The third kappa shape index (κ3) is 2.64. The van der Waals surface area contributed by atoms with Crippen molar-refractivity contribution in [2.45, 2.75) is 12.2 Å². The maximum atomic E-state index is 12.3. The van der Waals surface area contributed by atoms with Gasteiger partial charge in [-0.25, -0.2) is 8.42 Å². The van der Waals surface area contributed by atoms with Crippen LogP contribution in [0.2, 0.25) is 0 Å². The predicted molar refractivity (Wildman–Crippen MR) is 72.7 cm³/mol. The van der Waals surface area contributed by atoms with Crippen molar-refractivity contribution < 1.29 is 8.42 Å². The van der Waals surface area contributed by atoms with Gasteiger partial charge in [-0.05, 0) is 25.1 Å². The molecule has 1 aromatic rings. The molecular weight excluding hydrogens is 304 g/mol. The molecule has 1 unspecified atom stereocenters. The van der Waals surface area contributed by atoms with E-state index in [1.54, 1.807) is 6.92 Å². The van der Waals surface area contributed by atoms with Gasteiger partial charge in [0.05, 0.1) is 10.9 Å². The fourth-order valence-corrected chi connectivity index (χ4v) is 3.75. The van der Waals surface area contributed by atoms with Crippen LogP contribution in [0.4, 0.5) is 5.69 Å². The zero-order valence-corrected chi connectivity index (χ0v) is 12.0. The van der Waals surface area contributed by atoms with Gasteiger partial charge in [-0.3, -0.25) is 4.31 Å². The van der Waals surface area contributed by atoms with Gasteiger partial charge in [-0.1, -0.05) is 22.0 Å². The Kier molecular flexibility index (Phi) is 3.75. The van der Waals surface area contributed by atoms with E-state index in [-0.39, 0.29) is 0 Å². The third-order valence-electron chi connectivity index (χ3n) is 2.84. The summed E-state index contributed by atoms with van der Waals surface area (Å²) in [5, 5.41) is 2.74. The van der Waals surface area contributed by atoms with Crippen LogP contribution in [0.15, 0.2) is 28.7 Å². The van der Waals surface area contributed by atoms with Crippen molar-refractivity contribution in [3.8, 4) is 0 Å². The van der Waals surface area contributed by atoms with E-state index in [1.165, 1.54) is 4.31 Å². The first-order valence-electron chi connectivity index (χ1n) is 5.49. The average Bonchev–Trinajstić information content (AvgIpc) is 2.39. The molecule has 0 aliphatic carbocycles. The molecule has 4 nitrogen and oxygen atoms in total. The number of hydrogen-bond donors (Lipinski definition) is 1. The Labute approximate surface area is 110 Å². The SMILES string of the molecule is CC1CNCCN(c2cccc(Br)c2)S1(=O)=O. The molecule has 6 heteroatoms. The minimum absolute atomic E-state index is 0.399. The summed E-state index contributed by atoms with van der Waals surface area (Å²) < 4.78 is 27.0. The van der Waals surface area contributed by atoms with Crippen molar-refractivity contribution in [3.05, 3.63) is 28.7 Å². The summed E-state index contributed by atoms with van der Waals surface area (Å²) in [7, 11) is -3.26. The lowest BCUT2D eigenvalue weighted by Crippen LogP contribution is -2.37. The van der Waals surface area contributed by atoms with Crippen LogP contribution >= 0.6 is 15.9 Å². The van der Waals surface area contributed by atoms with Crippen LogP contribution in [0.25, 0.3) is 0 Å². The normalized spacial score (nSPS) is 24.4. The van der Waals surface area contributed by atoms with Crippen molar-refractivity contribution >= 4 is 31.6 Å². The number of anilines is 1. The van der Waals surface area contributed by atoms with Crippen LogP contribution in [0, 0.1) is 0 Å². The van der Waals surface area contributed by atoms with Gasteiger partial charge in [0.2, 0.25) is 10.0 Å². The fourth-order valence-electron chi connectivity index (χ4n) is 1.84. The van der Waals surface area contributed by atoms with E-state index in [0.717, 1.165) is 10.2 Å². The van der Waals surface area contributed by atoms with E-state index in [2.05, 4.69) is 21.2 Å². The second-order valence-electron chi connectivity index (χ2n) is 4.11. The predicted octanol–water partition coefficient (Wildman–Crippen LogP) is 1.58. The highest BCUT2D eigenvalue weighted by atomic mass is 79.9. The Morgan fingerprint density at radius 2 is 2.24 bits per heavy atom. The summed E-state index contributed by atoms with van der Waals surface area (Å²) in [4.78, 5) is 0. The van der Waals surface area contributed by atoms with Gasteiger partial charge in [0.15, 0.2) is 0 Å². The molecule has 0 bridgehead atoms. The number of nitrogens with one attached hydrogen (secondary N) is 1. The van der Waals surface area contributed by atoms with Crippen molar-refractivity contribution in [1.29, 1.82) is 0 Å². The highest BCUT2D eigenvalue weighted by molar-refractivity contribution is 9.10. The second kappa shape index (κ2) is 4.96. The molecule has 1 fully saturated rings. The van der Waals surface area contributed by atoms with Gasteiger partial charge in [0.25, 0.3) is 0 Å². The Bertz CT molecular complexity index is 504. The maximum Gasteiger partial charge on any atom is 0.239 e. The van der Waals surface area contributed by atoms with Gasteiger partial charge in [-0.2, -0.15) is 0 Å². The Balaban J connectivity index is 2.42. The molecule has 1 atom stereocenters.